The summed E-state index contributed by atoms with van der Waals surface area (Å²) in [5, 5.41) is 20.1. The minimum Gasteiger partial charge on any atom is -0.481 e. The van der Waals surface area contributed by atoms with E-state index in [4.69, 9.17) is 0 Å². The number of likely N-dealkylation sites (tertiary alicyclic amines) is 1. The molecule has 1 N–H and O–H groups in total. The molecule has 21 heavy (non-hydrogen) atoms. The van der Waals surface area contributed by atoms with Gasteiger partial charge in [-0.3, -0.25) is 19.8 Å². The number of nitro groups is 1. The van der Waals surface area contributed by atoms with Gasteiger partial charge in [0, 0.05) is 24.7 Å². The van der Waals surface area contributed by atoms with Gasteiger partial charge in [-0.05, 0) is 19.4 Å². The van der Waals surface area contributed by atoms with Gasteiger partial charge in [-0.2, -0.15) is 4.39 Å². The van der Waals surface area contributed by atoms with Gasteiger partial charge in [-0.15, -0.1) is 0 Å². The van der Waals surface area contributed by atoms with Crippen molar-refractivity contribution in [2.24, 2.45) is 5.41 Å². The number of benzene rings is 1. The Labute approximate surface area is 121 Å². The molecule has 0 saturated carbocycles. The van der Waals surface area contributed by atoms with Crippen LogP contribution >= 0.6 is 0 Å². The summed E-state index contributed by atoms with van der Waals surface area (Å²) in [6.45, 7) is 2.89. The Morgan fingerprint density at radius 1 is 1.57 bits per heavy atom. The van der Waals surface area contributed by atoms with Crippen LogP contribution in [0.25, 0.3) is 0 Å². The molecule has 6 nitrogen and oxygen atoms in total. The van der Waals surface area contributed by atoms with E-state index in [1.54, 1.807) is 0 Å². The van der Waals surface area contributed by atoms with Crippen LogP contribution in [0.2, 0.25) is 0 Å². The van der Waals surface area contributed by atoms with Gasteiger partial charge in [0.2, 0.25) is 5.82 Å². The molecule has 7 heteroatoms. The molecule has 1 aromatic carbocycles. The first-order valence-corrected chi connectivity index (χ1v) is 6.77. The summed E-state index contributed by atoms with van der Waals surface area (Å²) in [4.78, 5) is 23.2. The molecule has 2 rings (SSSR count). The van der Waals surface area contributed by atoms with Gasteiger partial charge in [0.25, 0.3) is 0 Å². The van der Waals surface area contributed by atoms with Crippen molar-refractivity contribution in [2.45, 2.75) is 26.3 Å². The largest absolute Gasteiger partial charge is 0.481 e. The van der Waals surface area contributed by atoms with Crippen LogP contribution in [0, 0.1) is 21.3 Å². The van der Waals surface area contributed by atoms with Crippen molar-refractivity contribution >= 4 is 11.7 Å². The lowest BCUT2D eigenvalue weighted by molar-refractivity contribution is -0.387. The summed E-state index contributed by atoms with van der Waals surface area (Å²) < 4.78 is 14.0. The first kappa shape index (κ1) is 15.4. The molecule has 1 aliphatic heterocycles. The molecule has 1 saturated heterocycles. The molecular weight excluding hydrogens is 279 g/mol. The number of hydrogen-bond acceptors (Lipinski definition) is 4. The van der Waals surface area contributed by atoms with E-state index in [-0.39, 0.29) is 12.1 Å². The molecule has 1 unspecified atom stereocenters. The van der Waals surface area contributed by atoms with Crippen LogP contribution in [0.15, 0.2) is 18.2 Å². The maximum atomic E-state index is 14.0. The smallest absolute Gasteiger partial charge is 0.310 e. The normalized spacial score (nSPS) is 22.4. The Morgan fingerprint density at radius 2 is 2.29 bits per heavy atom. The summed E-state index contributed by atoms with van der Waals surface area (Å²) in [5.41, 5.74) is -1.12. The molecule has 0 amide bonds. The highest BCUT2D eigenvalue weighted by Gasteiger charge is 2.43. The van der Waals surface area contributed by atoms with E-state index in [0.717, 1.165) is 6.07 Å². The lowest BCUT2D eigenvalue weighted by Crippen LogP contribution is -2.34. The predicted molar refractivity (Wildman–Crippen MR) is 73.3 cm³/mol. The number of nitro benzene ring substituents is 1. The van der Waals surface area contributed by atoms with Gasteiger partial charge in [0.1, 0.15) is 0 Å². The molecule has 1 atom stereocenters. The number of carboxylic acid groups (broad SMARTS) is 1. The molecule has 0 spiro atoms. The first-order valence-electron chi connectivity index (χ1n) is 6.77. The zero-order valence-corrected chi connectivity index (χ0v) is 11.7. The monoisotopic (exact) mass is 296 g/mol. The predicted octanol–water partition coefficient (Wildman–Crippen LogP) is 2.42. The molecule has 0 bridgehead atoms. The Morgan fingerprint density at radius 3 is 2.81 bits per heavy atom. The molecule has 114 valence electrons. The Kier molecular flexibility index (Phi) is 4.22. The molecule has 1 fully saturated rings. The molecule has 0 aliphatic carbocycles. The maximum absolute atomic E-state index is 14.0. The fourth-order valence-corrected chi connectivity index (χ4v) is 2.78. The Bertz CT molecular complexity index is 578. The second-order valence-corrected chi connectivity index (χ2v) is 5.41. The highest BCUT2D eigenvalue weighted by atomic mass is 19.1. The van der Waals surface area contributed by atoms with E-state index in [1.165, 1.54) is 12.1 Å². The van der Waals surface area contributed by atoms with E-state index >= 15 is 0 Å². The molecular formula is C14H17FN2O4. The zero-order valence-electron chi connectivity index (χ0n) is 11.7. The van der Waals surface area contributed by atoms with Gasteiger partial charge >= 0.3 is 11.7 Å². The third-order valence-electron chi connectivity index (χ3n) is 4.21. The van der Waals surface area contributed by atoms with Crippen molar-refractivity contribution in [3.05, 3.63) is 39.7 Å². The standard InChI is InChI=1S/C14H17FN2O4/c1-2-14(13(18)19)6-7-16(9-14)8-10-4-3-5-11(12(10)15)17(20)21/h3-5H,2,6-9H2,1H3,(H,18,19). The van der Waals surface area contributed by atoms with Gasteiger partial charge in [0.15, 0.2) is 0 Å². The number of carbonyl (C=O) groups is 1. The SMILES string of the molecule is CCC1(C(=O)O)CCN(Cc2cccc([N+](=O)[O-])c2F)C1. The van der Waals surface area contributed by atoms with Gasteiger partial charge in [0.05, 0.1) is 10.3 Å². The number of aliphatic carboxylic acids is 1. The van der Waals surface area contributed by atoms with E-state index in [2.05, 4.69) is 0 Å². The Hall–Kier alpha value is -2.02. The quantitative estimate of drug-likeness (QED) is 0.666. The molecule has 0 aromatic heterocycles. The van der Waals surface area contributed by atoms with Crippen molar-refractivity contribution in [3.8, 4) is 0 Å². The molecule has 1 heterocycles. The van der Waals surface area contributed by atoms with Crippen molar-refractivity contribution in [3.63, 3.8) is 0 Å². The van der Waals surface area contributed by atoms with Crippen molar-refractivity contribution < 1.29 is 19.2 Å². The molecule has 1 aliphatic rings. The number of carboxylic acids is 1. The number of nitrogens with zero attached hydrogens (tertiary/aromatic N) is 2. The number of halogens is 1. The van der Waals surface area contributed by atoms with Crippen LogP contribution in [0.4, 0.5) is 10.1 Å². The lowest BCUT2D eigenvalue weighted by Gasteiger charge is -2.23. The van der Waals surface area contributed by atoms with Crippen molar-refractivity contribution in [1.29, 1.82) is 0 Å². The van der Waals surface area contributed by atoms with E-state index in [0.29, 0.717) is 25.9 Å². The summed E-state index contributed by atoms with van der Waals surface area (Å²) >= 11 is 0. The van der Waals surface area contributed by atoms with Gasteiger partial charge < -0.3 is 5.11 Å². The number of hydrogen-bond donors (Lipinski definition) is 1. The summed E-state index contributed by atoms with van der Waals surface area (Å²) in [7, 11) is 0. The fourth-order valence-electron chi connectivity index (χ4n) is 2.78. The highest BCUT2D eigenvalue weighted by molar-refractivity contribution is 5.75. The second kappa shape index (κ2) is 5.77. The van der Waals surface area contributed by atoms with Gasteiger partial charge in [-0.1, -0.05) is 19.1 Å². The van der Waals surface area contributed by atoms with E-state index in [9.17, 15) is 24.4 Å². The second-order valence-electron chi connectivity index (χ2n) is 5.41. The minimum absolute atomic E-state index is 0.183. The summed E-state index contributed by atoms with van der Waals surface area (Å²) in [6.07, 6.45) is 1.02. The highest BCUT2D eigenvalue weighted by Crippen LogP contribution is 2.35. The third kappa shape index (κ3) is 2.87. The topological polar surface area (TPSA) is 83.7 Å². The van der Waals surface area contributed by atoms with Crippen LogP contribution in [0.1, 0.15) is 25.3 Å². The summed E-state index contributed by atoms with van der Waals surface area (Å²) in [6, 6.07) is 4.06. The third-order valence-corrected chi connectivity index (χ3v) is 4.21. The van der Waals surface area contributed by atoms with Crippen molar-refractivity contribution in [1.82, 2.24) is 4.90 Å². The van der Waals surface area contributed by atoms with Crippen LogP contribution in [0.3, 0.4) is 0 Å². The van der Waals surface area contributed by atoms with E-state index in [1.807, 2.05) is 11.8 Å². The number of rotatable bonds is 5. The summed E-state index contributed by atoms with van der Waals surface area (Å²) in [5.74, 6) is -1.68. The average Bonchev–Trinajstić information content (AvgIpc) is 2.85. The van der Waals surface area contributed by atoms with Crippen molar-refractivity contribution in [2.75, 3.05) is 13.1 Å². The van der Waals surface area contributed by atoms with Crippen LogP contribution in [-0.2, 0) is 11.3 Å². The zero-order chi connectivity index (χ0) is 15.6. The van der Waals surface area contributed by atoms with Crippen LogP contribution in [0.5, 0.6) is 0 Å². The molecule has 1 aromatic rings. The van der Waals surface area contributed by atoms with Gasteiger partial charge in [-0.25, -0.2) is 0 Å². The van der Waals surface area contributed by atoms with E-state index < -0.39 is 27.8 Å². The Balaban J connectivity index is 2.16. The van der Waals surface area contributed by atoms with Crippen LogP contribution < -0.4 is 0 Å². The lowest BCUT2D eigenvalue weighted by atomic mass is 9.84. The molecule has 0 radical (unpaired) electrons. The first-order chi connectivity index (χ1) is 9.89. The maximum Gasteiger partial charge on any atom is 0.310 e. The average molecular weight is 296 g/mol. The fraction of sp³-hybridized carbons (Fsp3) is 0.500. The van der Waals surface area contributed by atoms with Crippen LogP contribution in [-0.4, -0.2) is 34.0 Å². The minimum atomic E-state index is -0.841.